The van der Waals surface area contributed by atoms with Gasteiger partial charge in [-0.3, -0.25) is 9.59 Å². The summed E-state index contributed by atoms with van der Waals surface area (Å²) in [6, 6.07) is 32.4. The average molecular weight is 1190 g/mol. The van der Waals surface area contributed by atoms with Gasteiger partial charge in [0.1, 0.15) is 45.8 Å². The van der Waals surface area contributed by atoms with Crippen molar-refractivity contribution in [1.82, 2.24) is 19.9 Å². The van der Waals surface area contributed by atoms with E-state index in [0.29, 0.717) is 53.8 Å². The highest BCUT2D eigenvalue weighted by molar-refractivity contribution is 6.63. The number of aromatic nitrogens is 4. The van der Waals surface area contributed by atoms with Gasteiger partial charge in [-0.1, -0.05) is 48.5 Å². The van der Waals surface area contributed by atoms with E-state index in [2.05, 4.69) is 26.0 Å². The molecule has 0 aliphatic carbocycles. The Morgan fingerprint density at radius 2 is 0.824 bits per heavy atom. The molecule has 4 aromatic carbocycles. The lowest BCUT2D eigenvalue weighted by molar-refractivity contribution is -0.111. The van der Waals surface area contributed by atoms with Crippen LogP contribution in [0.1, 0.15) is 129 Å². The third kappa shape index (κ3) is 21.8. The molecule has 0 atom stereocenters. The molecule has 5 N–H and O–H groups in total. The summed E-state index contributed by atoms with van der Waals surface area (Å²) < 4.78 is 35.3. The number of rotatable bonds is 22. The summed E-state index contributed by atoms with van der Waals surface area (Å²) in [4.78, 5) is 80.0. The number of carbonyl (C=O) groups is 6. The molecule has 4 aromatic heterocycles. The Morgan fingerprint density at radius 1 is 0.447 bits per heavy atom. The minimum absolute atomic E-state index is 0.0578. The number of carbonyl (C=O) groups excluding carboxylic acids is 5. The van der Waals surface area contributed by atoms with Crippen molar-refractivity contribution >= 4 is 46.5 Å². The number of halogens is 1. The van der Waals surface area contributed by atoms with Gasteiger partial charge >= 0.3 is 23.9 Å². The van der Waals surface area contributed by atoms with Gasteiger partial charge in [-0.2, -0.15) is 0 Å². The highest BCUT2D eigenvalue weighted by atomic mass is 35.5. The van der Waals surface area contributed by atoms with Gasteiger partial charge in [0.15, 0.2) is 5.78 Å². The third-order valence-electron chi connectivity index (χ3n) is 13.2. The van der Waals surface area contributed by atoms with E-state index in [0.717, 1.165) is 81.9 Å². The number of benzene rings is 4. The Hall–Kier alpha value is -9.29. The molecule has 452 valence electrons. The number of aryl methyl sites for hydroxylation is 5. The van der Waals surface area contributed by atoms with E-state index in [9.17, 15) is 28.8 Å². The molecule has 0 fully saturated rings. The van der Waals surface area contributed by atoms with E-state index in [1.807, 2.05) is 118 Å². The Bertz CT molecular complexity index is 3440. The first kappa shape index (κ1) is 68.2. The van der Waals surface area contributed by atoms with Crippen molar-refractivity contribution in [3.63, 3.8) is 0 Å². The molecule has 0 unspecified atom stereocenters. The highest BCUT2D eigenvalue weighted by Crippen LogP contribution is 2.22. The molecular formula is C66H77ClN4O14. The lowest BCUT2D eigenvalue weighted by Crippen LogP contribution is -2.08. The van der Waals surface area contributed by atoms with Crippen molar-refractivity contribution in [3.05, 3.63) is 212 Å². The monoisotopic (exact) mass is 1180 g/mol. The van der Waals surface area contributed by atoms with Crippen LogP contribution < -0.4 is 18.9 Å². The summed E-state index contributed by atoms with van der Waals surface area (Å²) in [5.41, 5.74) is 11.8. The van der Waals surface area contributed by atoms with Crippen LogP contribution in [-0.2, 0) is 57.5 Å². The van der Waals surface area contributed by atoms with Crippen LogP contribution in [0.4, 0.5) is 0 Å². The number of hydrogen-bond acceptors (Lipinski definition) is 13. The lowest BCUT2D eigenvalue weighted by atomic mass is 10.0. The molecule has 0 radical (unpaired) electrons. The van der Waals surface area contributed by atoms with Gasteiger partial charge in [0.05, 0.1) is 48.3 Å². The van der Waals surface area contributed by atoms with Crippen molar-refractivity contribution in [2.45, 2.75) is 87.0 Å². The molecule has 0 amide bonds. The first-order chi connectivity index (χ1) is 40.8. The van der Waals surface area contributed by atoms with E-state index in [4.69, 9.17) is 49.9 Å². The van der Waals surface area contributed by atoms with Crippen molar-refractivity contribution in [1.29, 1.82) is 0 Å². The predicted molar refractivity (Wildman–Crippen MR) is 326 cm³/mol. The number of nitrogens with one attached hydrogen (secondary N) is 4. The minimum Gasteiger partial charge on any atom is -0.497 e. The molecule has 8 aromatic rings. The van der Waals surface area contributed by atoms with Crippen LogP contribution in [0.25, 0.3) is 0 Å². The normalized spacial score (nSPS) is 10.2. The standard InChI is InChI=1S/C17H19NO4.C17H21NO3.C15H17NO3.C9H9ClO2.C8H11NO2/c1-4-22-17(20)16-11(2)14(10-18-16)15(19)9-12-6-5-7-13(8-12)21-3;1-4-21-17(19)16-12(2)14(11-18-16)9-8-13-6-5-7-15(10-13)20-3;1-10-12(9-16-14(10)15(17)18)7-6-11-4-3-5-13(8-11)19-2;1-12-8-4-2-3-7(5-8)6-9(10)11;1-3-11-8(10)7-6(2)4-5-9-7/h5-8,10,18H,4,9H2,1-3H3;5-7,10-11,18H,4,8-9H2,1-3H3;3-5,8-9,16H,6-7H2,1-2H3,(H,17,18);2-5H,6H2,1H3;4-5,9H,3H2,1-2H3. The Kier molecular flexibility index (Phi) is 28.6. The molecule has 8 rings (SSSR count). The summed E-state index contributed by atoms with van der Waals surface area (Å²) in [5, 5.41) is 8.63. The number of ether oxygens (including phenoxy) is 7. The van der Waals surface area contributed by atoms with Crippen molar-refractivity contribution in [2.24, 2.45) is 0 Å². The Balaban J connectivity index is 0.000000233. The zero-order chi connectivity index (χ0) is 62.4. The summed E-state index contributed by atoms with van der Waals surface area (Å²) in [6.45, 7) is 13.8. The molecule has 0 saturated carbocycles. The SMILES string of the molecule is CCOC(=O)c1[nH]cc(C(=O)Cc2cccc(OC)c2)c1C.CCOC(=O)c1[nH]cc(CCc2cccc(OC)c2)c1C.CCOC(=O)c1[nH]ccc1C.COc1cccc(CC(=O)Cl)c1.COc1cccc(CCc2c[nH]c(C(=O)O)c2C)c1. The number of esters is 3. The van der Waals surface area contributed by atoms with E-state index in [1.54, 1.807) is 80.8 Å². The van der Waals surface area contributed by atoms with E-state index in [-0.39, 0.29) is 41.5 Å². The van der Waals surface area contributed by atoms with Crippen LogP contribution in [0.3, 0.4) is 0 Å². The molecule has 85 heavy (non-hydrogen) atoms. The van der Waals surface area contributed by atoms with Crippen LogP contribution in [0, 0.1) is 27.7 Å². The van der Waals surface area contributed by atoms with Gasteiger partial charge in [0.2, 0.25) is 5.24 Å². The Morgan fingerprint density at radius 3 is 1.21 bits per heavy atom. The fraction of sp³-hybridized carbons (Fsp3) is 0.303. The van der Waals surface area contributed by atoms with E-state index in [1.165, 1.54) is 11.1 Å². The number of hydrogen-bond donors (Lipinski definition) is 5. The summed E-state index contributed by atoms with van der Waals surface area (Å²) in [7, 11) is 6.49. The number of methoxy groups -OCH3 is 4. The second-order valence-corrected chi connectivity index (χ2v) is 19.3. The highest BCUT2D eigenvalue weighted by Gasteiger charge is 2.20. The lowest BCUT2D eigenvalue weighted by Gasteiger charge is -2.05. The first-order valence-corrected chi connectivity index (χ1v) is 27.8. The van der Waals surface area contributed by atoms with Crippen LogP contribution in [0.2, 0.25) is 0 Å². The largest absolute Gasteiger partial charge is 0.497 e. The molecule has 0 aliphatic heterocycles. The van der Waals surface area contributed by atoms with Gasteiger partial charge in [0, 0.05) is 43.2 Å². The van der Waals surface area contributed by atoms with Gasteiger partial charge in [-0.05, 0) is 196 Å². The second-order valence-electron chi connectivity index (χ2n) is 18.9. The van der Waals surface area contributed by atoms with Crippen molar-refractivity contribution in [2.75, 3.05) is 48.3 Å². The second kappa shape index (κ2) is 35.6. The van der Waals surface area contributed by atoms with Gasteiger partial charge in [-0.25, -0.2) is 19.2 Å². The fourth-order valence-electron chi connectivity index (χ4n) is 8.52. The molecule has 0 spiro atoms. The Labute approximate surface area is 501 Å². The predicted octanol–water partition coefficient (Wildman–Crippen LogP) is 12.5. The zero-order valence-corrected chi connectivity index (χ0v) is 50.9. The first-order valence-electron chi connectivity index (χ1n) is 27.4. The molecule has 4 heterocycles. The number of aromatic amines is 4. The van der Waals surface area contributed by atoms with Crippen LogP contribution in [0.5, 0.6) is 23.0 Å². The van der Waals surface area contributed by atoms with Gasteiger partial charge in [-0.15, -0.1) is 0 Å². The van der Waals surface area contributed by atoms with Crippen LogP contribution in [0.15, 0.2) is 128 Å². The molecule has 0 aliphatic rings. The van der Waals surface area contributed by atoms with E-state index >= 15 is 0 Å². The maximum Gasteiger partial charge on any atom is 0.355 e. The third-order valence-corrected chi connectivity index (χ3v) is 13.3. The van der Waals surface area contributed by atoms with Gasteiger partial charge < -0.3 is 58.2 Å². The average Bonchev–Trinajstić information content (AvgIpc) is 4.35. The fourth-order valence-corrected chi connectivity index (χ4v) is 8.67. The van der Waals surface area contributed by atoms with Crippen molar-refractivity contribution in [3.8, 4) is 23.0 Å². The minimum atomic E-state index is -0.912. The molecular weight excluding hydrogens is 1110 g/mol. The summed E-state index contributed by atoms with van der Waals surface area (Å²) in [6.07, 6.45) is 10.9. The van der Waals surface area contributed by atoms with Crippen LogP contribution >= 0.6 is 11.6 Å². The topological polar surface area (TPSA) is 250 Å². The number of aromatic carboxylic acids is 1. The molecule has 0 saturated heterocycles. The number of carboxylic acids is 1. The maximum absolute atomic E-state index is 12.4. The zero-order valence-electron chi connectivity index (χ0n) is 50.1. The number of carboxylic acid groups (broad SMARTS) is 1. The summed E-state index contributed by atoms with van der Waals surface area (Å²) in [5.74, 6) is 1.18. The molecule has 19 heteroatoms. The quantitative estimate of drug-likeness (QED) is 0.0183. The number of Topliss-reactive ketones (excluding diaryl/α,β-unsaturated/α-hetero) is 1. The molecule has 0 bridgehead atoms. The number of H-pyrrole nitrogens is 4. The summed E-state index contributed by atoms with van der Waals surface area (Å²) >= 11 is 5.23. The molecule has 18 nitrogen and oxygen atoms in total. The van der Waals surface area contributed by atoms with Crippen molar-refractivity contribution < 1.29 is 67.0 Å². The van der Waals surface area contributed by atoms with Crippen LogP contribution in [-0.4, -0.2) is 108 Å². The smallest absolute Gasteiger partial charge is 0.355 e. The number of ketones is 1. The van der Waals surface area contributed by atoms with E-state index < -0.39 is 11.9 Å². The van der Waals surface area contributed by atoms with Gasteiger partial charge in [0.25, 0.3) is 0 Å². The maximum atomic E-state index is 12.4.